The number of rotatable bonds is 4. The molecule has 4 N–H and O–H groups in total. The molecular formula is C54H50BBrN10O6. The molecule has 6 aromatic rings. The van der Waals surface area contributed by atoms with Crippen LogP contribution in [0.25, 0.3) is 16.0 Å². The van der Waals surface area contributed by atoms with Crippen LogP contribution in [0, 0.1) is 17.9 Å². The van der Waals surface area contributed by atoms with Crippen LogP contribution < -0.4 is 26.4 Å². The predicted octanol–water partition coefficient (Wildman–Crippen LogP) is 8.01. The molecule has 4 atom stereocenters. The third-order valence-corrected chi connectivity index (χ3v) is 14.4. The van der Waals surface area contributed by atoms with Crippen molar-refractivity contribution in [2.45, 2.75) is 75.0 Å². The minimum Gasteiger partial charge on any atom is -0.485 e. The zero-order valence-electron chi connectivity index (χ0n) is 40.4. The van der Waals surface area contributed by atoms with Gasteiger partial charge in [0, 0.05) is 72.8 Å². The van der Waals surface area contributed by atoms with Crippen LogP contribution in [0.1, 0.15) is 80.6 Å². The Morgan fingerprint density at radius 2 is 1.21 bits per heavy atom. The number of pyridine rings is 2. The van der Waals surface area contributed by atoms with Gasteiger partial charge in [0.05, 0.1) is 23.3 Å². The average molecular weight is 1030 g/mol. The minimum absolute atomic E-state index is 0.122. The summed E-state index contributed by atoms with van der Waals surface area (Å²) in [4.78, 5) is 50.1. The fourth-order valence-corrected chi connectivity index (χ4v) is 9.57. The Balaban J connectivity index is 0.000000139. The molecule has 0 saturated carbocycles. The fourth-order valence-electron chi connectivity index (χ4n) is 9.21. The van der Waals surface area contributed by atoms with Crippen LogP contribution in [0.2, 0.25) is 0 Å². The highest BCUT2D eigenvalue weighted by Gasteiger charge is 2.56. The number of hydrogen-bond donors (Lipinski definition) is 2. The van der Waals surface area contributed by atoms with E-state index >= 15 is 0 Å². The lowest BCUT2D eigenvalue weighted by molar-refractivity contribution is -0.133. The largest absolute Gasteiger partial charge is 0.496 e. The number of hydrogen-bond acceptors (Lipinski definition) is 13. The van der Waals surface area contributed by atoms with Crippen molar-refractivity contribution in [1.82, 2.24) is 19.8 Å². The summed E-state index contributed by atoms with van der Waals surface area (Å²) in [6.45, 7) is 15.2. The van der Waals surface area contributed by atoms with Crippen molar-refractivity contribution >= 4 is 57.9 Å². The number of halogens is 1. The van der Waals surface area contributed by atoms with Gasteiger partial charge in [0.25, 0.3) is 11.8 Å². The van der Waals surface area contributed by atoms with Gasteiger partial charge in [-0.2, -0.15) is 5.26 Å². The summed E-state index contributed by atoms with van der Waals surface area (Å²) >= 11 is 3.47. The maximum Gasteiger partial charge on any atom is 0.496 e. The predicted molar refractivity (Wildman–Crippen MR) is 276 cm³/mol. The fraction of sp³-hybridized carbons (Fsp3) is 0.259. The lowest BCUT2D eigenvalue weighted by Crippen LogP contribution is -2.43. The van der Waals surface area contributed by atoms with Gasteiger partial charge < -0.3 is 30.2 Å². The average Bonchev–Trinajstić information content (AvgIpc) is 3.85. The van der Waals surface area contributed by atoms with E-state index in [2.05, 4.69) is 46.8 Å². The van der Waals surface area contributed by atoms with Crippen LogP contribution in [0.15, 0.2) is 148 Å². The Morgan fingerprint density at radius 1 is 0.694 bits per heavy atom. The number of nitriles is 1. The standard InChI is InChI=1S/C24H19N5O2.C18H16BrN3O2.C12H15BN2O2/c1-26-18-10-17(13-27-14-18)16-8-9-20-19(11-16)24(22(30)29(2)23(25)28-24)12-21(31-20)15-6-4-3-5-7-15;1-22-16(23)18(21-17(22)20)10-15(11-5-3-2-4-6-11)24-14-8-7-12(19)9-13(14)18;1-11(2)12(3,4)17-13(16-11)10-5-9(6-14)7-15-8-10/h3-11,13-14,21H,12H2,2H3,(H2,25,28);2-9,15H,10H2,1H3,(H2,20,21);5,7-8H,1-4H3. The van der Waals surface area contributed by atoms with Crippen molar-refractivity contribution < 1.29 is 28.4 Å². The molecule has 4 unspecified atom stereocenters. The van der Waals surface area contributed by atoms with E-state index in [-0.39, 0.29) is 47.1 Å². The molecule has 2 amide bonds. The Bertz CT molecular complexity index is 3240. The normalized spacial score (nSPS) is 22.9. The zero-order valence-corrected chi connectivity index (χ0v) is 42.0. The lowest BCUT2D eigenvalue weighted by Gasteiger charge is -2.37. The third kappa shape index (κ3) is 8.93. The van der Waals surface area contributed by atoms with Crippen molar-refractivity contribution in [2.24, 2.45) is 21.5 Å². The van der Waals surface area contributed by atoms with Crippen LogP contribution in [-0.2, 0) is 30.0 Å². The lowest BCUT2D eigenvalue weighted by atomic mass is 9.79. The summed E-state index contributed by atoms with van der Waals surface area (Å²) in [7, 11) is 2.83. The SMILES string of the molecule is CC1(C)OB(c2cncc(C#N)c2)OC1(C)C.CN1C(=O)C2(CC(c3ccccc3)Oc3ccc(Br)cc32)N=C1N.[C-]#[N+]c1cncc(-c2ccc3c(c2)C2(CC(c4ccccc4)O3)N=C(N)N(C)C2=O)c1. The molecule has 0 radical (unpaired) electrons. The van der Waals surface area contributed by atoms with Crippen LogP contribution in [0.4, 0.5) is 5.69 Å². The van der Waals surface area contributed by atoms with Crippen LogP contribution in [0.3, 0.4) is 0 Å². The highest BCUT2D eigenvalue weighted by atomic mass is 79.9. The first kappa shape index (κ1) is 49.1. The molecule has 18 heteroatoms. The Hall–Kier alpha value is -7.90. The highest BCUT2D eigenvalue weighted by molar-refractivity contribution is 9.10. The molecule has 1 fully saturated rings. The van der Waals surface area contributed by atoms with Crippen molar-refractivity contribution in [3.8, 4) is 28.7 Å². The molecule has 2 aromatic heterocycles. The first-order chi connectivity index (χ1) is 34.4. The monoisotopic (exact) mass is 1020 g/mol. The highest BCUT2D eigenvalue weighted by Crippen LogP contribution is 2.52. The number of amides is 2. The number of benzene rings is 4. The van der Waals surface area contributed by atoms with Crippen molar-refractivity contribution in [1.29, 1.82) is 5.26 Å². The second kappa shape index (κ2) is 19.0. The van der Waals surface area contributed by atoms with E-state index in [1.165, 1.54) is 22.2 Å². The first-order valence-corrected chi connectivity index (χ1v) is 23.9. The Morgan fingerprint density at radius 3 is 1.71 bits per heavy atom. The number of ether oxygens (including phenoxy) is 2. The summed E-state index contributed by atoms with van der Waals surface area (Å²) < 4.78 is 25.1. The second-order valence-electron chi connectivity index (χ2n) is 18.9. The van der Waals surface area contributed by atoms with E-state index in [4.69, 9.17) is 42.1 Å². The second-order valence-corrected chi connectivity index (χ2v) is 19.8. The van der Waals surface area contributed by atoms with Gasteiger partial charge in [-0.25, -0.2) is 14.8 Å². The van der Waals surface area contributed by atoms with E-state index < -0.39 is 18.2 Å². The number of carbonyl (C=O) groups is 2. The number of aromatic nitrogens is 2. The summed E-state index contributed by atoms with van der Waals surface area (Å²) in [5.41, 5.74) is 15.9. The van der Waals surface area contributed by atoms with Crippen LogP contribution in [-0.4, -0.2) is 75.9 Å². The quantitative estimate of drug-likeness (QED) is 0.128. The summed E-state index contributed by atoms with van der Waals surface area (Å²) in [5, 5.41) is 8.84. The van der Waals surface area contributed by atoms with Gasteiger partial charge in [-0.3, -0.25) is 29.4 Å². The van der Waals surface area contributed by atoms with Gasteiger partial charge in [-0.1, -0.05) is 82.7 Å². The number of nitrogens with two attached hydrogens (primary N) is 2. The van der Waals surface area contributed by atoms with Gasteiger partial charge >= 0.3 is 7.12 Å². The molecule has 2 spiro atoms. The van der Waals surface area contributed by atoms with E-state index in [0.717, 1.165) is 37.8 Å². The molecule has 362 valence electrons. The molecule has 5 aliphatic rings. The smallest absolute Gasteiger partial charge is 0.485 e. The number of guanidine groups is 2. The Labute approximate surface area is 426 Å². The van der Waals surface area contributed by atoms with Crippen LogP contribution >= 0.6 is 15.9 Å². The molecule has 0 aliphatic carbocycles. The topological polar surface area (TPSA) is 208 Å². The van der Waals surface area contributed by atoms with Crippen molar-refractivity contribution in [3.63, 3.8) is 0 Å². The maximum atomic E-state index is 13.4. The summed E-state index contributed by atoms with van der Waals surface area (Å²) in [6.07, 6.45) is 6.58. The molecule has 0 bridgehead atoms. The van der Waals surface area contributed by atoms with Gasteiger partial charge in [-0.05, 0) is 92.4 Å². The van der Waals surface area contributed by atoms with Gasteiger partial charge in [-0.15, -0.1) is 0 Å². The first-order valence-electron chi connectivity index (χ1n) is 23.1. The van der Waals surface area contributed by atoms with E-state index in [1.807, 2.05) is 125 Å². The molecule has 4 aromatic carbocycles. The van der Waals surface area contributed by atoms with Gasteiger partial charge in [0.2, 0.25) is 5.69 Å². The molecule has 1 saturated heterocycles. The number of fused-ring (bicyclic) bond motifs is 4. The molecule has 5 aliphatic heterocycles. The molecular weight excluding hydrogens is 975 g/mol. The minimum atomic E-state index is -1.16. The van der Waals surface area contributed by atoms with E-state index in [1.54, 1.807) is 38.6 Å². The van der Waals surface area contributed by atoms with Crippen molar-refractivity contribution in [2.75, 3.05) is 14.1 Å². The van der Waals surface area contributed by atoms with Gasteiger partial charge in [0.1, 0.15) is 29.8 Å². The van der Waals surface area contributed by atoms with Gasteiger partial charge in [0.15, 0.2) is 23.0 Å². The number of likely N-dealkylation sites (N-methyl/N-ethyl adjacent to an activating group) is 2. The summed E-state index contributed by atoms with van der Waals surface area (Å²) in [5.74, 6) is 1.38. The van der Waals surface area contributed by atoms with E-state index in [0.29, 0.717) is 41.2 Å². The Kier molecular flexibility index (Phi) is 13.0. The molecule has 72 heavy (non-hydrogen) atoms. The summed E-state index contributed by atoms with van der Waals surface area (Å²) in [6, 6.07) is 36.6. The number of nitrogens with zero attached hydrogens (tertiary/aromatic N) is 8. The number of aliphatic imine (C=N–C) groups is 2. The number of carbonyl (C=O) groups excluding carboxylic acids is 2. The molecule has 11 rings (SSSR count). The molecule has 7 heterocycles. The zero-order chi connectivity index (χ0) is 51.2. The van der Waals surface area contributed by atoms with E-state index in [9.17, 15) is 9.59 Å². The maximum absolute atomic E-state index is 13.4. The van der Waals surface area contributed by atoms with Crippen molar-refractivity contribution in [3.05, 3.63) is 178 Å². The van der Waals surface area contributed by atoms with Crippen LogP contribution in [0.5, 0.6) is 11.5 Å². The molecule has 16 nitrogen and oxygen atoms in total. The third-order valence-electron chi connectivity index (χ3n) is 13.9.